The van der Waals surface area contributed by atoms with E-state index in [2.05, 4.69) is 36.3 Å². The van der Waals surface area contributed by atoms with Crippen molar-refractivity contribution in [1.82, 2.24) is 14.9 Å². The fourth-order valence-corrected chi connectivity index (χ4v) is 4.95. The maximum Gasteiger partial charge on any atom is 0.220 e. The smallest absolute Gasteiger partial charge is 0.220 e. The van der Waals surface area contributed by atoms with E-state index in [0.29, 0.717) is 19.4 Å². The summed E-state index contributed by atoms with van der Waals surface area (Å²) in [6.45, 7) is 4.93. The molecule has 2 aromatic rings. The van der Waals surface area contributed by atoms with E-state index in [1.165, 1.54) is 4.90 Å². The molecule has 5 nitrogen and oxygen atoms in total. The average Bonchev–Trinajstić information content (AvgIpc) is 3.03. The number of aromatic nitrogens is 2. The minimum absolute atomic E-state index is 0.0302. The molecule has 0 radical (unpaired) electrons. The summed E-state index contributed by atoms with van der Waals surface area (Å²) in [5, 5.41) is 12.1. The first-order valence-electron chi connectivity index (χ1n) is 8.68. The van der Waals surface area contributed by atoms with E-state index < -0.39 is 0 Å². The van der Waals surface area contributed by atoms with E-state index in [0.717, 1.165) is 17.8 Å². The normalized spacial score (nSPS) is 11.5. The van der Waals surface area contributed by atoms with Gasteiger partial charge in [0.2, 0.25) is 5.91 Å². The molecule has 0 atom stereocenters. The second-order valence-electron chi connectivity index (χ2n) is 6.74. The number of carbonyl (C=O) groups is 1. The van der Waals surface area contributed by atoms with Crippen molar-refractivity contribution in [2.45, 2.75) is 49.3 Å². The Hall–Kier alpha value is -1.44. The predicted molar refractivity (Wildman–Crippen MR) is 109 cm³/mol. The highest BCUT2D eigenvalue weighted by Gasteiger charge is 2.21. The second kappa shape index (κ2) is 10.0. The molecule has 0 saturated heterocycles. The topological polar surface area (TPSA) is 67.2 Å². The Morgan fingerprint density at radius 1 is 1.35 bits per heavy atom. The molecule has 0 aliphatic rings. The number of nitrogens with zero attached hydrogens (tertiary/aromatic N) is 2. The van der Waals surface area contributed by atoms with Gasteiger partial charge < -0.3 is 15.0 Å². The SMILES string of the molecule is Cn1ccnc1CNC(=O)CCC(C)(C)SSc1ccccc1CCO. The first kappa shape index (κ1) is 20.9. The van der Waals surface area contributed by atoms with Crippen LogP contribution in [0, 0.1) is 0 Å². The maximum atomic E-state index is 12.1. The summed E-state index contributed by atoms with van der Waals surface area (Å²) >= 11 is 0. The van der Waals surface area contributed by atoms with Crippen LogP contribution in [-0.4, -0.2) is 31.9 Å². The van der Waals surface area contributed by atoms with Gasteiger partial charge in [-0.15, -0.1) is 0 Å². The van der Waals surface area contributed by atoms with Gasteiger partial charge >= 0.3 is 0 Å². The van der Waals surface area contributed by atoms with E-state index >= 15 is 0 Å². The highest BCUT2D eigenvalue weighted by molar-refractivity contribution is 8.77. The lowest BCUT2D eigenvalue weighted by Crippen LogP contribution is -2.26. The molecule has 1 aromatic heterocycles. The zero-order chi connectivity index (χ0) is 19.0. The molecular formula is C19H27N3O2S2. The molecule has 2 rings (SSSR count). The van der Waals surface area contributed by atoms with E-state index in [4.69, 9.17) is 0 Å². The fraction of sp³-hybridized carbons (Fsp3) is 0.474. The van der Waals surface area contributed by atoms with Gasteiger partial charge in [-0.25, -0.2) is 4.98 Å². The van der Waals surface area contributed by atoms with Gasteiger partial charge in [0.05, 0.1) is 6.54 Å². The molecule has 1 heterocycles. The highest BCUT2D eigenvalue weighted by atomic mass is 33.1. The number of benzene rings is 1. The Balaban J connectivity index is 1.77. The molecule has 7 heteroatoms. The lowest BCUT2D eigenvalue weighted by atomic mass is 10.1. The van der Waals surface area contributed by atoms with Gasteiger partial charge in [-0.05, 0) is 38.3 Å². The van der Waals surface area contributed by atoms with Crippen molar-refractivity contribution >= 4 is 27.5 Å². The van der Waals surface area contributed by atoms with Gasteiger partial charge in [0.25, 0.3) is 0 Å². The quantitative estimate of drug-likeness (QED) is 0.604. The van der Waals surface area contributed by atoms with Crippen molar-refractivity contribution in [3.8, 4) is 0 Å². The summed E-state index contributed by atoms with van der Waals surface area (Å²) in [6.07, 6.45) is 5.54. The summed E-state index contributed by atoms with van der Waals surface area (Å²) < 4.78 is 1.87. The third kappa shape index (κ3) is 6.70. The molecule has 142 valence electrons. The van der Waals surface area contributed by atoms with Crippen LogP contribution in [0.5, 0.6) is 0 Å². The molecule has 0 aliphatic heterocycles. The van der Waals surface area contributed by atoms with E-state index in [9.17, 15) is 9.90 Å². The van der Waals surface area contributed by atoms with Gasteiger partial charge in [0, 0.05) is 42.1 Å². The zero-order valence-corrected chi connectivity index (χ0v) is 17.2. The molecule has 0 bridgehead atoms. The number of imidazole rings is 1. The number of hydrogen-bond donors (Lipinski definition) is 2. The number of hydrogen-bond acceptors (Lipinski definition) is 5. The lowest BCUT2D eigenvalue weighted by Gasteiger charge is -2.23. The number of aryl methyl sites for hydroxylation is 1. The van der Waals surface area contributed by atoms with Crippen molar-refractivity contribution in [3.63, 3.8) is 0 Å². The van der Waals surface area contributed by atoms with E-state index in [1.54, 1.807) is 27.8 Å². The molecular weight excluding hydrogens is 366 g/mol. The minimum Gasteiger partial charge on any atom is -0.396 e. The van der Waals surface area contributed by atoms with Crippen LogP contribution >= 0.6 is 21.6 Å². The van der Waals surface area contributed by atoms with Crippen LogP contribution in [0.3, 0.4) is 0 Å². The van der Waals surface area contributed by atoms with Gasteiger partial charge in [-0.3, -0.25) is 4.79 Å². The Bertz CT molecular complexity index is 716. The summed E-state index contributed by atoms with van der Waals surface area (Å²) in [5.41, 5.74) is 1.16. The summed E-state index contributed by atoms with van der Waals surface area (Å²) in [5.74, 6) is 0.899. The van der Waals surface area contributed by atoms with Crippen LogP contribution in [0.4, 0.5) is 0 Å². The van der Waals surface area contributed by atoms with Crippen LogP contribution in [-0.2, 0) is 24.8 Å². The molecule has 0 unspecified atom stereocenters. The van der Waals surface area contributed by atoms with Crippen molar-refractivity contribution in [3.05, 3.63) is 48.0 Å². The first-order chi connectivity index (χ1) is 12.4. The predicted octanol–water partition coefficient (Wildman–Crippen LogP) is 3.57. The van der Waals surface area contributed by atoms with Crippen LogP contribution in [0.1, 0.15) is 38.1 Å². The van der Waals surface area contributed by atoms with Crippen molar-refractivity contribution in [2.75, 3.05) is 6.61 Å². The van der Waals surface area contributed by atoms with Gasteiger partial charge in [-0.1, -0.05) is 39.8 Å². The first-order valence-corrected chi connectivity index (χ1v) is 10.8. The van der Waals surface area contributed by atoms with Crippen LogP contribution in [0.2, 0.25) is 0 Å². The highest BCUT2D eigenvalue weighted by Crippen LogP contribution is 2.44. The number of aliphatic hydroxyl groups is 1. The molecule has 1 amide bonds. The third-order valence-electron chi connectivity index (χ3n) is 4.03. The van der Waals surface area contributed by atoms with Crippen LogP contribution < -0.4 is 5.32 Å². The molecule has 1 aromatic carbocycles. The van der Waals surface area contributed by atoms with Crippen LogP contribution in [0.25, 0.3) is 0 Å². The Kier molecular flexibility index (Phi) is 8.06. The Morgan fingerprint density at radius 3 is 2.81 bits per heavy atom. The van der Waals surface area contributed by atoms with Crippen molar-refractivity contribution in [1.29, 1.82) is 0 Å². The van der Waals surface area contributed by atoms with Crippen molar-refractivity contribution in [2.24, 2.45) is 7.05 Å². The van der Waals surface area contributed by atoms with E-state index in [-0.39, 0.29) is 17.3 Å². The number of rotatable bonds is 10. The number of nitrogens with one attached hydrogen (secondary N) is 1. The van der Waals surface area contributed by atoms with Gasteiger partial charge in [-0.2, -0.15) is 0 Å². The summed E-state index contributed by atoms with van der Waals surface area (Å²) in [6, 6.07) is 8.15. The zero-order valence-electron chi connectivity index (χ0n) is 15.6. The Labute approximate surface area is 163 Å². The monoisotopic (exact) mass is 393 g/mol. The molecule has 0 spiro atoms. The number of amides is 1. The molecule has 2 N–H and O–H groups in total. The lowest BCUT2D eigenvalue weighted by molar-refractivity contribution is -0.121. The van der Waals surface area contributed by atoms with Gasteiger partial charge in [0.1, 0.15) is 5.82 Å². The molecule has 0 saturated carbocycles. The summed E-state index contributed by atoms with van der Waals surface area (Å²) in [7, 11) is 5.41. The van der Waals surface area contributed by atoms with Crippen molar-refractivity contribution < 1.29 is 9.90 Å². The van der Waals surface area contributed by atoms with E-state index in [1.807, 2.05) is 29.9 Å². The largest absolute Gasteiger partial charge is 0.396 e. The number of aliphatic hydroxyl groups excluding tert-OH is 1. The Morgan fingerprint density at radius 2 is 2.12 bits per heavy atom. The second-order valence-corrected chi connectivity index (χ2v) is 9.62. The van der Waals surface area contributed by atoms with Gasteiger partial charge in [0.15, 0.2) is 0 Å². The summed E-state index contributed by atoms with van der Waals surface area (Å²) in [4.78, 5) is 17.5. The van der Waals surface area contributed by atoms with Crippen LogP contribution in [0.15, 0.2) is 41.6 Å². The average molecular weight is 394 g/mol. The number of carbonyl (C=O) groups excluding carboxylic acids is 1. The fourth-order valence-electron chi connectivity index (χ4n) is 2.36. The molecule has 0 fully saturated rings. The third-order valence-corrected chi connectivity index (χ3v) is 7.49. The molecule has 0 aliphatic carbocycles. The maximum absolute atomic E-state index is 12.1. The standard InChI is InChI=1S/C19H27N3O2S2/c1-19(2,26-25-16-7-5-4-6-15(16)9-13-23)10-8-18(24)21-14-17-20-11-12-22(17)3/h4-7,11-12,23H,8-10,13-14H2,1-3H3,(H,21,24). The molecule has 26 heavy (non-hydrogen) atoms. The minimum atomic E-state index is -0.0302.